The minimum Gasteiger partial charge on any atom is -0.497 e. The number of halogens is 2. The number of ether oxygens (including phenoxy) is 1. The van der Waals surface area contributed by atoms with E-state index in [1.54, 1.807) is 25.3 Å². The van der Waals surface area contributed by atoms with Crippen molar-refractivity contribution in [3.05, 3.63) is 58.1 Å². The van der Waals surface area contributed by atoms with E-state index in [4.69, 9.17) is 27.9 Å². The van der Waals surface area contributed by atoms with Gasteiger partial charge in [0.25, 0.3) is 0 Å². The van der Waals surface area contributed by atoms with E-state index in [0.717, 1.165) is 11.3 Å². The van der Waals surface area contributed by atoms with Crippen molar-refractivity contribution < 1.29 is 9.53 Å². The Labute approximate surface area is 139 Å². The van der Waals surface area contributed by atoms with Crippen LogP contribution in [0.5, 0.6) is 5.75 Å². The Morgan fingerprint density at radius 2 is 1.73 bits per heavy atom. The topological polar surface area (TPSA) is 50.4 Å². The molecule has 0 spiro atoms. The summed E-state index contributed by atoms with van der Waals surface area (Å²) in [4.78, 5) is 11.8. The normalized spacial score (nSPS) is 10.1. The minimum absolute atomic E-state index is 0.119. The predicted octanol–water partition coefficient (Wildman–Crippen LogP) is 3.73. The molecule has 0 aliphatic heterocycles. The van der Waals surface area contributed by atoms with E-state index in [-0.39, 0.29) is 12.5 Å². The number of benzene rings is 2. The SMILES string of the molecule is COc1ccc(CNC(=O)CNc2cc(Cl)cc(Cl)c2)cc1. The molecule has 2 aromatic rings. The van der Waals surface area contributed by atoms with Gasteiger partial charge in [0.05, 0.1) is 13.7 Å². The van der Waals surface area contributed by atoms with E-state index in [2.05, 4.69) is 10.6 Å². The molecule has 0 aliphatic rings. The van der Waals surface area contributed by atoms with Gasteiger partial charge in [-0.3, -0.25) is 4.79 Å². The summed E-state index contributed by atoms with van der Waals surface area (Å²) in [6.07, 6.45) is 0. The van der Waals surface area contributed by atoms with Gasteiger partial charge >= 0.3 is 0 Å². The van der Waals surface area contributed by atoms with Crippen molar-refractivity contribution >= 4 is 34.8 Å². The van der Waals surface area contributed by atoms with Gasteiger partial charge in [-0.05, 0) is 35.9 Å². The van der Waals surface area contributed by atoms with E-state index >= 15 is 0 Å². The van der Waals surface area contributed by atoms with Crippen LogP contribution in [0.3, 0.4) is 0 Å². The number of rotatable bonds is 6. The highest BCUT2D eigenvalue weighted by molar-refractivity contribution is 6.35. The highest BCUT2D eigenvalue weighted by Crippen LogP contribution is 2.22. The summed E-state index contributed by atoms with van der Waals surface area (Å²) in [7, 11) is 1.62. The lowest BCUT2D eigenvalue weighted by molar-refractivity contribution is -0.119. The summed E-state index contributed by atoms with van der Waals surface area (Å²) in [5.74, 6) is 0.668. The van der Waals surface area contributed by atoms with Crippen molar-refractivity contribution in [1.82, 2.24) is 5.32 Å². The largest absolute Gasteiger partial charge is 0.497 e. The van der Waals surface area contributed by atoms with Crippen molar-refractivity contribution in [2.75, 3.05) is 19.0 Å². The third-order valence-corrected chi connectivity index (χ3v) is 3.40. The Balaban J connectivity index is 1.80. The number of carbonyl (C=O) groups excluding carboxylic acids is 1. The van der Waals surface area contributed by atoms with Crippen LogP contribution in [0.25, 0.3) is 0 Å². The summed E-state index contributed by atoms with van der Waals surface area (Å²) >= 11 is 11.8. The molecule has 6 heteroatoms. The summed E-state index contributed by atoms with van der Waals surface area (Å²) in [5, 5.41) is 6.85. The van der Waals surface area contributed by atoms with E-state index in [9.17, 15) is 4.79 Å². The fourth-order valence-electron chi connectivity index (χ4n) is 1.84. The van der Waals surface area contributed by atoms with Gasteiger partial charge in [-0.15, -0.1) is 0 Å². The van der Waals surface area contributed by atoms with Gasteiger partial charge in [-0.1, -0.05) is 35.3 Å². The number of methoxy groups -OCH3 is 1. The first-order valence-corrected chi connectivity index (χ1v) is 7.42. The lowest BCUT2D eigenvalue weighted by Gasteiger charge is -2.09. The van der Waals surface area contributed by atoms with Gasteiger partial charge < -0.3 is 15.4 Å². The lowest BCUT2D eigenvalue weighted by Crippen LogP contribution is -2.29. The third kappa shape index (κ3) is 5.13. The Morgan fingerprint density at radius 1 is 1.09 bits per heavy atom. The minimum atomic E-state index is -0.119. The second kappa shape index (κ2) is 7.92. The fourth-order valence-corrected chi connectivity index (χ4v) is 2.37. The second-order valence-electron chi connectivity index (χ2n) is 4.64. The maximum absolute atomic E-state index is 11.8. The smallest absolute Gasteiger partial charge is 0.239 e. The van der Waals surface area contributed by atoms with E-state index in [1.165, 1.54) is 0 Å². The molecule has 0 heterocycles. The van der Waals surface area contributed by atoms with Crippen molar-refractivity contribution in [3.8, 4) is 5.75 Å². The highest BCUT2D eigenvalue weighted by atomic mass is 35.5. The molecule has 0 radical (unpaired) electrons. The summed E-state index contributed by atoms with van der Waals surface area (Å²) < 4.78 is 5.08. The second-order valence-corrected chi connectivity index (χ2v) is 5.51. The molecule has 2 rings (SSSR count). The van der Waals surface area contributed by atoms with Crippen LogP contribution >= 0.6 is 23.2 Å². The zero-order valence-electron chi connectivity index (χ0n) is 12.0. The third-order valence-electron chi connectivity index (χ3n) is 2.96. The number of anilines is 1. The monoisotopic (exact) mass is 338 g/mol. The Hall–Kier alpha value is -1.91. The molecule has 1 amide bonds. The molecule has 0 aromatic heterocycles. The van der Waals surface area contributed by atoms with Gasteiger partial charge in [0, 0.05) is 22.3 Å². The molecule has 0 aliphatic carbocycles. The van der Waals surface area contributed by atoms with Gasteiger partial charge in [0.15, 0.2) is 0 Å². The van der Waals surface area contributed by atoms with Crippen LogP contribution in [0.4, 0.5) is 5.69 Å². The van der Waals surface area contributed by atoms with Gasteiger partial charge in [-0.2, -0.15) is 0 Å². The summed E-state index contributed by atoms with van der Waals surface area (Å²) in [5.41, 5.74) is 1.71. The maximum Gasteiger partial charge on any atom is 0.239 e. The number of hydrogen-bond acceptors (Lipinski definition) is 3. The quantitative estimate of drug-likeness (QED) is 0.843. The first-order valence-electron chi connectivity index (χ1n) is 6.66. The van der Waals surface area contributed by atoms with Crippen LogP contribution in [0.1, 0.15) is 5.56 Å². The summed E-state index contributed by atoms with van der Waals surface area (Å²) in [6.45, 7) is 0.605. The molecule has 0 saturated carbocycles. The molecular formula is C16H16Cl2N2O2. The molecule has 0 saturated heterocycles. The van der Waals surface area contributed by atoms with E-state index in [1.807, 2.05) is 24.3 Å². The van der Waals surface area contributed by atoms with E-state index in [0.29, 0.717) is 22.3 Å². The van der Waals surface area contributed by atoms with Crippen molar-refractivity contribution in [2.24, 2.45) is 0 Å². The van der Waals surface area contributed by atoms with Crippen LogP contribution in [0, 0.1) is 0 Å². The fraction of sp³-hybridized carbons (Fsp3) is 0.188. The molecule has 116 valence electrons. The first-order chi connectivity index (χ1) is 10.6. The van der Waals surface area contributed by atoms with Crippen LogP contribution in [0.2, 0.25) is 10.0 Å². The average molecular weight is 339 g/mol. The molecule has 2 N–H and O–H groups in total. The highest BCUT2D eigenvalue weighted by Gasteiger charge is 2.03. The molecule has 4 nitrogen and oxygen atoms in total. The van der Waals surface area contributed by atoms with Crippen molar-refractivity contribution in [2.45, 2.75) is 6.54 Å². The molecule has 2 aromatic carbocycles. The Morgan fingerprint density at radius 3 is 2.32 bits per heavy atom. The van der Waals surface area contributed by atoms with Crippen LogP contribution in [-0.2, 0) is 11.3 Å². The molecular weight excluding hydrogens is 323 g/mol. The van der Waals surface area contributed by atoms with Gasteiger partial charge in [0.1, 0.15) is 5.75 Å². The number of amides is 1. The van der Waals surface area contributed by atoms with Crippen LogP contribution < -0.4 is 15.4 Å². The Kier molecular flexibility index (Phi) is 5.92. The van der Waals surface area contributed by atoms with E-state index < -0.39 is 0 Å². The van der Waals surface area contributed by atoms with Crippen molar-refractivity contribution in [1.29, 1.82) is 0 Å². The standard InChI is InChI=1S/C16H16Cl2N2O2/c1-22-15-4-2-11(3-5-15)9-20-16(21)10-19-14-7-12(17)6-13(18)8-14/h2-8,19H,9-10H2,1H3,(H,20,21). The molecule has 0 unspecified atom stereocenters. The zero-order chi connectivity index (χ0) is 15.9. The first kappa shape index (κ1) is 16.5. The average Bonchev–Trinajstić information content (AvgIpc) is 2.50. The van der Waals surface area contributed by atoms with Crippen LogP contribution in [0.15, 0.2) is 42.5 Å². The Bertz CT molecular complexity index is 625. The molecule has 0 fully saturated rings. The number of nitrogens with one attached hydrogen (secondary N) is 2. The van der Waals surface area contributed by atoms with Gasteiger partial charge in [-0.25, -0.2) is 0 Å². The predicted molar refractivity (Wildman–Crippen MR) is 89.8 cm³/mol. The molecule has 22 heavy (non-hydrogen) atoms. The van der Waals surface area contributed by atoms with Crippen molar-refractivity contribution in [3.63, 3.8) is 0 Å². The number of hydrogen-bond donors (Lipinski definition) is 2. The maximum atomic E-state index is 11.8. The van der Waals surface area contributed by atoms with Gasteiger partial charge in [0.2, 0.25) is 5.91 Å². The number of carbonyl (C=O) groups is 1. The molecule has 0 bridgehead atoms. The summed E-state index contributed by atoms with van der Waals surface area (Å²) in [6, 6.07) is 12.6. The lowest BCUT2D eigenvalue weighted by atomic mass is 10.2. The van der Waals surface area contributed by atoms with Crippen LogP contribution in [-0.4, -0.2) is 19.6 Å². The zero-order valence-corrected chi connectivity index (χ0v) is 13.5. The molecule has 0 atom stereocenters.